The highest BCUT2D eigenvalue weighted by Crippen LogP contribution is 2.31. The second-order valence-corrected chi connectivity index (χ2v) is 10.6. The third-order valence-electron chi connectivity index (χ3n) is 4.54. The predicted molar refractivity (Wildman–Crippen MR) is 129 cm³/mol. The number of sulfonamides is 1. The van der Waals surface area contributed by atoms with Crippen LogP contribution in [0.25, 0.3) is 10.2 Å². The van der Waals surface area contributed by atoms with Gasteiger partial charge in [0.2, 0.25) is 0 Å². The molecule has 3 aromatic carbocycles. The Kier molecular flexibility index (Phi) is 6.33. The number of nitrogens with zero attached hydrogens (tertiary/aromatic N) is 2. The second-order valence-electron chi connectivity index (χ2n) is 6.71. The number of thiazole rings is 1. The molecule has 11 heteroatoms. The molecule has 0 spiro atoms. The molecule has 0 fully saturated rings. The van der Waals surface area contributed by atoms with Gasteiger partial charge in [-0.1, -0.05) is 52.2 Å². The minimum Gasteiger partial charge on any atom is -0.318 e. The Bertz CT molecular complexity index is 1530. The zero-order chi connectivity index (χ0) is 23.0. The first kappa shape index (κ1) is 22.8. The van der Waals surface area contributed by atoms with Gasteiger partial charge in [0, 0.05) is 23.3 Å². The highest BCUT2D eigenvalue weighted by atomic mass is 35.5. The molecule has 32 heavy (non-hydrogen) atoms. The number of hydrogen-bond acceptors (Lipinski definition) is 4. The zero-order valence-electron chi connectivity index (χ0n) is 16.3. The molecule has 164 valence electrons. The van der Waals surface area contributed by atoms with Gasteiger partial charge in [-0.25, -0.2) is 8.42 Å². The van der Waals surface area contributed by atoms with Crippen LogP contribution in [0.2, 0.25) is 15.1 Å². The molecule has 1 heterocycles. The summed E-state index contributed by atoms with van der Waals surface area (Å²) in [7, 11) is -2.10. The highest BCUT2D eigenvalue weighted by molar-refractivity contribution is 7.92. The summed E-state index contributed by atoms with van der Waals surface area (Å²) >= 11 is 19.5. The maximum Gasteiger partial charge on any atom is 0.279 e. The molecule has 6 nitrogen and oxygen atoms in total. The zero-order valence-corrected chi connectivity index (χ0v) is 20.2. The van der Waals surface area contributed by atoms with Gasteiger partial charge in [-0.05, 0) is 54.6 Å². The highest BCUT2D eigenvalue weighted by Gasteiger charge is 2.16. The van der Waals surface area contributed by atoms with Gasteiger partial charge in [-0.15, -0.1) is 0 Å². The maximum absolute atomic E-state index is 12.8. The van der Waals surface area contributed by atoms with Gasteiger partial charge < -0.3 is 4.57 Å². The lowest BCUT2D eigenvalue weighted by Gasteiger charge is -2.09. The van der Waals surface area contributed by atoms with Crippen molar-refractivity contribution in [3.63, 3.8) is 0 Å². The number of rotatable bonds is 4. The van der Waals surface area contributed by atoms with Crippen LogP contribution in [0.3, 0.4) is 0 Å². The third-order valence-corrected chi connectivity index (χ3v) is 8.08. The molecule has 4 rings (SSSR count). The predicted octanol–water partition coefficient (Wildman–Crippen LogP) is 5.74. The van der Waals surface area contributed by atoms with Gasteiger partial charge >= 0.3 is 0 Å². The quantitative estimate of drug-likeness (QED) is 0.368. The molecule has 1 N–H and O–H groups in total. The number of anilines is 1. The van der Waals surface area contributed by atoms with Crippen LogP contribution in [0.15, 0.2) is 70.6 Å². The summed E-state index contributed by atoms with van der Waals surface area (Å²) in [5.41, 5.74) is 1.14. The summed E-state index contributed by atoms with van der Waals surface area (Å²) in [6.45, 7) is 0. The molecule has 4 aromatic rings. The summed E-state index contributed by atoms with van der Waals surface area (Å²) in [5.74, 6) is -0.526. The van der Waals surface area contributed by atoms with E-state index in [2.05, 4.69) is 9.71 Å². The molecule has 0 aliphatic rings. The summed E-state index contributed by atoms with van der Waals surface area (Å²) in [6, 6.07) is 15.4. The van der Waals surface area contributed by atoms with Crippen LogP contribution in [0.5, 0.6) is 0 Å². The van der Waals surface area contributed by atoms with Crippen LogP contribution in [-0.2, 0) is 17.1 Å². The van der Waals surface area contributed by atoms with Crippen molar-refractivity contribution >= 4 is 78.0 Å². The summed E-state index contributed by atoms with van der Waals surface area (Å²) in [5, 5.41) is 1.22. The van der Waals surface area contributed by atoms with Crippen LogP contribution < -0.4 is 9.52 Å². The molecule has 0 radical (unpaired) electrons. The monoisotopic (exact) mass is 525 g/mol. The number of benzene rings is 3. The first-order valence-corrected chi connectivity index (χ1v) is 12.5. The Morgan fingerprint density at radius 1 is 1.03 bits per heavy atom. The number of aromatic nitrogens is 1. The Morgan fingerprint density at radius 3 is 2.47 bits per heavy atom. The molecular formula is C21H14Cl3N3O3S2. The first-order chi connectivity index (χ1) is 15.2. The minimum absolute atomic E-state index is 0.0520. The Morgan fingerprint density at radius 2 is 1.75 bits per heavy atom. The van der Waals surface area contributed by atoms with Gasteiger partial charge in [0.15, 0.2) is 4.80 Å². The van der Waals surface area contributed by atoms with Crippen molar-refractivity contribution in [1.29, 1.82) is 0 Å². The van der Waals surface area contributed by atoms with Crippen LogP contribution in [0, 0.1) is 0 Å². The molecule has 0 aliphatic heterocycles. The van der Waals surface area contributed by atoms with Crippen molar-refractivity contribution in [2.45, 2.75) is 4.90 Å². The second kappa shape index (κ2) is 8.88. The van der Waals surface area contributed by atoms with E-state index in [0.29, 0.717) is 25.4 Å². The maximum atomic E-state index is 12.8. The number of halogens is 3. The summed E-state index contributed by atoms with van der Waals surface area (Å²) in [4.78, 5) is 17.5. The number of nitrogens with one attached hydrogen (secondary N) is 1. The van der Waals surface area contributed by atoms with Crippen molar-refractivity contribution in [2.75, 3.05) is 4.72 Å². The van der Waals surface area contributed by atoms with E-state index in [9.17, 15) is 13.2 Å². The Labute approximate surface area is 202 Å². The number of carbonyl (C=O) groups excluding carboxylic acids is 1. The summed E-state index contributed by atoms with van der Waals surface area (Å²) in [6.07, 6.45) is 0. The van der Waals surface area contributed by atoms with Gasteiger partial charge in [0.25, 0.3) is 15.9 Å². The molecular weight excluding hydrogens is 513 g/mol. The minimum atomic E-state index is -3.84. The van der Waals surface area contributed by atoms with Crippen molar-refractivity contribution in [2.24, 2.45) is 12.0 Å². The van der Waals surface area contributed by atoms with E-state index < -0.39 is 15.9 Å². The van der Waals surface area contributed by atoms with E-state index in [1.165, 1.54) is 41.7 Å². The van der Waals surface area contributed by atoms with Crippen LogP contribution in [0.1, 0.15) is 10.4 Å². The van der Waals surface area contributed by atoms with E-state index in [4.69, 9.17) is 34.8 Å². The van der Waals surface area contributed by atoms with Gasteiger partial charge in [0.1, 0.15) is 0 Å². The number of carbonyl (C=O) groups is 1. The van der Waals surface area contributed by atoms with Gasteiger partial charge in [-0.3, -0.25) is 9.52 Å². The fourth-order valence-electron chi connectivity index (χ4n) is 2.97. The van der Waals surface area contributed by atoms with Crippen molar-refractivity contribution in [1.82, 2.24) is 4.57 Å². The summed E-state index contributed by atoms with van der Waals surface area (Å²) < 4.78 is 30.2. The van der Waals surface area contributed by atoms with Crippen LogP contribution in [-0.4, -0.2) is 18.9 Å². The fourth-order valence-corrected chi connectivity index (χ4v) is 5.67. The van der Waals surface area contributed by atoms with Crippen molar-refractivity contribution in [3.8, 4) is 0 Å². The van der Waals surface area contributed by atoms with Gasteiger partial charge in [0.05, 0.1) is 25.2 Å². The number of fused-ring (bicyclic) bond motifs is 1. The van der Waals surface area contributed by atoms with E-state index in [0.717, 1.165) is 4.70 Å². The average molecular weight is 527 g/mol. The van der Waals surface area contributed by atoms with E-state index in [1.54, 1.807) is 35.9 Å². The molecule has 0 saturated carbocycles. The van der Waals surface area contributed by atoms with E-state index >= 15 is 0 Å². The lowest BCUT2D eigenvalue weighted by Crippen LogP contribution is -2.14. The molecule has 0 unspecified atom stereocenters. The molecule has 1 amide bonds. The van der Waals surface area contributed by atoms with Crippen LogP contribution in [0.4, 0.5) is 5.69 Å². The fraction of sp³-hybridized carbons (Fsp3) is 0.0476. The van der Waals surface area contributed by atoms with Crippen LogP contribution >= 0.6 is 46.1 Å². The molecule has 1 aromatic heterocycles. The largest absolute Gasteiger partial charge is 0.318 e. The Balaban J connectivity index is 1.66. The number of hydrogen-bond donors (Lipinski definition) is 1. The number of amides is 1. The third kappa shape index (κ3) is 4.55. The lowest BCUT2D eigenvalue weighted by molar-refractivity contribution is 0.0998. The van der Waals surface area contributed by atoms with E-state index in [1.807, 2.05) is 6.07 Å². The molecule has 0 bridgehead atoms. The topological polar surface area (TPSA) is 80.5 Å². The normalized spacial score (nSPS) is 12.3. The standard InChI is InChI=1S/C21H14Cl3N3O3S2/c1-27-19-17(10-9-16(23)18(19)24)31-21(27)25-20(28)12-3-2-4-14(11-12)26-32(29,30)15-7-5-13(22)6-8-15/h2-11,26H,1H3. The smallest absolute Gasteiger partial charge is 0.279 e. The van der Waals surface area contributed by atoms with Gasteiger partial charge in [-0.2, -0.15) is 4.99 Å². The molecule has 0 aliphatic carbocycles. The molecule has 0 atom stereocenters. The lowest BCUT2D eigenvalue weighted by atomic mass is 10.2. The number of aryl methyl sites for hydroxylation is 1. The van der Waals surface area contributed by atoms with E-state index in [-0.39, 0.29) is 16.1 Å². The SMILES string of the molecule is Cn1c(=NC(=O)c2cccc(NS(=O)(=O)c3ccc(Cl)cc3)c2)sc2ccc(Cl)c(Cl)c21. The average Bonchev–Trinajstić information content (AvgIpc) is 3.07. The Hall–Kier alpha value is -2.36. The van der Waals surface area contributed by atoms with Crippen molar-refractivity contribution in [3.05, 3.63) is 86.1 Å². The van der Waals surface area contributed by atoms with Crippen molar-refractivity contribution < 1.29 is 13.2 Å². The first-order valence-electron chi connectivity index (χ1n) is 9.07. The molecule has 0 saturated heterocycles.